The molecule has 1 fully saturated rings. The van der Waals surface area contributed by atoms with Gasteiger partial charge in [-0.05, 0) is 61.2 Å². The van der Waals surface area contributed by atoms with E-state index in [0.29, 0.717) is 6.42 Å². The van der Waals surface area contributed by atoms with Crippen LogP contribution in [0.2, 0.25) is 0 Å². The zero-order valence-electron chi connectivity index (χ0n) is 16.9. The summed E-state index contributed by atoms with van der Waals surface area (Å²) in [6.45, 7) is 5.65. The van der Waals surface area contributed by atoms with Crippen LogP contribution in [-0.4, -0.2) is 48.5 Å². The van der Waals surface area contributed by atoms with Crippen LogP contribution in [0.5, 0.6) is 0 Å². The number of unbranched alkanes of at least 4 members (excludes halogenated alkanes) is 1. The molecule has 5 heteroatoms. The van der Waals surface area contributed by atoms with Crippen molar-refractivity contribution in [2.24, 2.45) is 5.73 Å². The SMILES string of the molecule is NC(=O)Cc1ccc2[nH]cc(CCCCN3CCN(c4ccccc4)CC3)c2c1. The molecule has 0 aliphatic carbocycles. The van der Waals surface area contributed by atoms with Crippen LogP contribution in [-0.2, 0) is 17.6 Å². The van der Waals surface area contributed by atoms with Crippen LogP contribution in [0.1, 0.15) is 24.0 Å². The van der Waals surface area contributed by atoms with Gasteiger partial charge in [0.15, 0.2) is 0 Å². The second kappa shape index (κ2) is 9.14. The number of nitrogens with zero attached hydrogens (tertiary/aromatic N) is 2. The number of nitrogens with one attached hydrogen (secondary N) is 1. The molecule has 1 amide bonds. The topological polar surface area (TPSA) is 65.4 Å². The maximum atomic E-state index is 11.2. The van der Waals surface area contributed by atoms with Gasteiger partial charge in [0.1, 0.15) is 0 Å². The van der Waals surface area contributed by atoms with Crippen molar-refractivity contribution in [3.63, 3.8) is 0 Å². The van der Waals surface area contributed by atoms with E-state index in [9.17, 15) is 4.79 Å². The third-order valence-electron chi connectivity index (χ3n) is 5.87. The van der Waals surface area contributed by atoms with Gasteiger partial charge in [0.2, 0.25) is 5.91 Å². The quantitative estimate of drug-likeness (QED) is 0.580. The highest BCUT2D eigenvalue weighted by Crippen LogP contribution is 2.22. The summed E-state index contributed by atoms with van der Waals surface area (Å²) < 4.78 is 0. The number of carbonyl (C=O) groups excluding carboxylic acids is 1. The van der Waals surface area contributed by atoms with Crippen molar-refractivity contribution < 1.29 is 4.79 Å². The van der Waals surface area contributed by atoms with Crippen LogP contribution in [0.3, 0.4) is 0 Å². The molecule has 1 aliphatic heterocycles. The van der Waals surface area contributed by atoms with Crippen LogP contribution in [0.25, 0.3) is 10.9 Å². The van der Waals surface area contributed by atoms with Crippen molar-refractivity contribution in [2.75, 3.05) is 37.6 Å². The Kier molecular flexibility index (Phi) is 6.15. The molecule has 0 atom stereocenters. The third-order valence-corrected chi connectivity index (χ3v) is 5.87. The molecule has 0 bridgehead atoms. The van der Waals surface area contributed by atoms with E-state index in [4.69, 9.17) is 5.73 Å². The molecule has 2 heterocycles. The third kappa shape index (κ3) is 4.98. The summed E-state index contributed by atoms with van der Waals surface area (Å²) in [6.07, 6.45) is 5.85. The smallest absolute Gasteiger partial charge is 0.221 e. The molecule has 1 saturated heterocycles. The summed E-state index contributed by atoms with van der Waals surface area (Å²) in [5.74, 6) is -0.284. The fourth-order valence-electron chi connectivity index (χ4n) is 4.26. The lowest BCUT2D eigenvalue weighted by Gasteiger charge is -2.36. The Hall–Kier alpha value is -2.79. The number of hydrogen-bond acceptors (Lipinski definition) is 3. The summed E-state index contributed by atoms with van der Waals surface area (Å²) in [5.41, 5.74) is 10.1. The molecule has 0 unspecified atom stereocenters. The number of aromatic nitrogens is 1. The van der Waals surface area contributed by atoms with E-state index in [2.05, 4.69) is 57.4 Å². The van der Waals surface area contributed by atoms with Gasteiger partial charge < -0.3 is 15.6 Å². The minimum Gasteiger partial charge on any atom is -0.369 e. The minimum absolute atomic E-state index is 0.284. The monoisotopic (exact) mass is 390 g/mol. The molecule has 29 heavy (non-hydrogen) atoms. The Morgan fingerprint density at radius 3 is 2.55 bits per heavy atom. The lowest BCUT2D eigenvalue weighted by Crippen LogP contribution is -2.46. The first-order valence-corrected chi connectivity index (χ1v) is 10.6. The van der Waals surface area contributed by atoms with Crippen molar-refractivity contribution in [3.8, 4) is 0 Å². The van der Waals surface area contributed by atoms with E-state index in [0.717, 1.165) is 50.2 Å². The molecule has 2 aromatic carbocycles. The standard InChI is InChI=1S/C24H30N4O/c25-24(29)17-19-9-10-23-22(16-19)20(18-26-23)6-4-5-11-27-12-14-28(15-13-27)21-7-2-1-3-8-21/h1-3,7-10,16,18,26H,4-6,11-15,17H2,(H2,25,29). The van der Waals surface area contributed by atoms with E-state index in [-0.39, 0.29) is 5.91 Å². The fraction of sp³-hybridized carbons (Fsp3) is 0.375. The molecule has 5 nitrogen and oxygen atoms in total. The predicted octanol–water partition coefficient (Wildman–Crippen LogP) is 3.34. The summed E-state index contributed by atoms with van der Waals surface area (Å²) in [4.78, 5) is 19.6. The number of piperazine rings is 1. The van der Waals surface area contributed by atoms with Gasteiger partial charge >= 0.3 is 0 Å². The number of fused-ring (bicyclic) bond motifs is 1. The lowest BCUT2D eigenvalue weighted by atomic mass is 10.0. The molecule has 0 spiro atoms. The summed E-state index contributed by atoms with van der Waals surface area (Å²) in [5, 5.41) is 1.22. The van der Waals surface area contributed by atoms with Gasteiger partial charge in [0.05, 0.1) is 6.42 Å². The first-order chi connectivity index (χ1) is 14.2. The fourth-order valence-corrected chi connectivity index (χ4v) is 4.26. The van der Waals surface area contributed by atoms with E-state index in [1.807, 2.05) is 12.1 Å². The molecule has 0 radical (unpaired) electrons. The Labute approximate surface area is 172 Å². The highest BCUT2D eigenvalue weighted by molar-refractivity contribution is 5.85. The van der Waals surface area contributed by atoms with E-state index < -0.39 is 0 Å². The number of primary amides is 1. The first-order valence-electron chi connectivity index (χ1n) is 10.6. The number of hydrogen-bond donors (Lipinski definition) is 2. The molecule has 1 aromatic heterocycles. The van der Waals surface area contributed by atoms with Crippen LogP contribution in [0.4, 0.5) is 5.69 Å². The first kappa shape index (κ1) is 19.5. The van der Waals surface area contributed by atoms with E-state index in [1.165, 1.54) is 29.5 Å². The highest BCUT2D eigenvalue weighted by atomic mass is 16.1. The minimum atomic E-state index is -0.284. The van der Waals surface area contributed by atoms with Gasteiger partial charge in [0.25, 0.3) is 0 Å². The number of H-pyrrole nitrogens is 1. The van der Waals surface area contributed by atoms with Gasteiger partial charge in [-0.3, -0.25) is 9.69 Å². The number of nitrogens with two attached hydrogens (primary N) is 1. The van der Waals surface area contributed by atoms with Crippen molar-refractivity contribution >= 4 is 22.5 Å². The average Bonchev–Trinajstić information content (AvgIpc) is 3.14. The van der Waals surface area contributed by atoms with Gasteiger partial charge in [-0.15, -0.1) is 0 Å². The molecule has 1 aliphatic rings. The van der Waals surface area contributed by atoms with Gasteiger partial charge in [-0.25, -0.2) is 0 Å². The number of aryl methyl sites for hydroxylation is 1. The maximum Gasteiger partial charge on any atom is 0.221 e. The van der Waals surface area contributed by atoms with Crippen LogP contribution >= 0.6 is 0 Å². The van der Waals surface area contributed by atoms with Crippen LogP contribution < -0.4 is 10.6 Å². The molecule has 152 valence electrons. The van der Waals surface area contributed by atoms with Crippen molar-refractivity contribution in [1.82, 2.24) is 9.88 Å². The van der Waals surface area contributed by atoms with Crippen molar-refractivity contribution in [2.45, 2.75) is 25.7 Å². The van der Waals surface area contributed by atoms with Gasteiger partial charge in [0, 0.05) is 49.0 Å². The Balaban J connectivity index is 1.23. The summed E-state index contributed by atoms with van der Waals surface area (Å²) >= 11 is 0. The average molecular weight is 391 g/mol. The number of carbonyl (C=O) groups is 1. The number of para-hydroxylation sites is 1. The molecular weight excluding hydrogens is 360 g/mol. The predicted molar refractivity (Wildman–Crippen MR) is 119 cm³/mol. The number of anilines is 1. The highest BCUT2D eigenvalue weighted by Gasteiger charge is 2.16. The van der Waals surface area contributed by atoms with Crippen molar-refractivity contribution in [1.29, 1.82) is 0 Å². The van der Waals surface area contributed by atoms with Crippen LogP contribution in [0, 0.1) is 0 Å². The Morgan fingerprint density at radius 1 is 1.00 bits per heavy atom. The number of rotatable bonds is 8. The molecular formula is C24H30N4O. The molecule has 3 N–H and O–H groups in total. The van der Waals surface area contributed by atoms with Crippen molar-refractivity contribution in [3.05, 3.63) is 65.9 Å². The molecule has 4 rings (SSSR count). The second-order valence-corrected chi connectivity index (χ2v) is 7.96. The van der Waals surface area contributed by atoms with E-state index in [1.54, 1.807) is 0 Å². The normalized spacial score (nSPS) is 15.1. The zero-order valence-corrected chi connectivity index (χ0v) is 16.9. The number of benzene rings is 2. The second-order valence-electron chi connectivity index (χ2n) is 7.96. The molecule has 3 aromatic rings. The Morgan fingerprint density at radius 2 is 1.79 bits per heavy atom. The van der Waals surface area contributed by atoms with Gasteiger partial charge in [-0.2, -0.15) is 0 Å². The Bertz CT molecular complexity index is 942. The summed E-state index contributed by atoms with van der Waals surface area (Å²) in [6, 6.07) is 16.8. The lowest BCUT2D eigenvalue weighted by molar-refractivity contribution is -0.117. The molecule has 0 saturated carbocycles. The zero-order chi connectivity index (χ0) is 20.1. The van der Waals surface area contributed by atoms with E-state index >= 15 is 0 Å². The largest absolute Gasteiger partial charge is 0.369 e. The number of aromatic amines is 1. The maximum absolute atomic E-state index is 11.2. The number of amides is 1. The summed E-state index contributed by atoms with van der Waals surface area (Å²) in [7, 11) is 0. The van der Waals surface area contributed by atoms with Crippen LogP contribution in [0.15, 0.2) is 54.7 Å². The van der Waals surface area contributed by atoms with Gasteiger partial charge in [-0.1, -0.05) is 24.3 Å².